The lowest BCUT2D eigenvalue weighted by atomic mass is 9.79. The first-order valence-corrected chi connectivity index (χ1v) is 21.7. The molecule has 422 valence electrons. The number of alkyl halides is 14. The number of methoxy groups -OCH3 is 1. The summed E-state index contributed by atoms with van der Waals surface area (Å²) < 4.78 is 253. The fourth-order valence-electron chi connectivity index (χ4n) is 7.45. The van der Waals surface area contributed by atoms with Crippen LogP contribution in [0.2, 0.25) is 0 Å². The Kier molecular flexibility index (Phi) is 18.7. The first kappa shape index (κ1) is 61.4. The van der Waals surface area contributed by atoms with Gasteiger partial charge < -0.3 is 30.0 Å². The average molecular weight is 1140 g/mol. The lowest BCUT2D eigenvalue weighted by molar-refractivity contribution is -0.253. The van der Waals surface area contributed by atoms with Gasteiger partial charge in [0.15, 0.2) is 0 Å². The Bertz CT molecular complexity index is 3160. The summed E-state index contributed by atoms with van der Waals surface area (Å²) in [5.41, 5.74) is -10.1. The van der Waals surface area contributed by atoms with Crippen LogP contribution in [-0.4, -0.2) is 61.0 Å². The van der Waals surface area contributed by atoms with E-state index in [0.29, 0.717) is 54.6 Å². The van der Waals surface area contributed by atoms with Crippen molar-refractivity contribution >= 4 is 23.8 Å². The Morgan fingerprint density at radius 3 is 1.13 bits per heavy atom. The van der Waals surface area contributed by atoms with Gasteiger partial charge in [-0.15, -0.1) is 0 Å². The van der Waals surface area contributed by atoms with Crippen molar-refractivity contribution in [2.75, 3.05) is 7.11 Å². The standard InChI is InChI=1S/C26H18F9NO4.C25H16F9NO4/c1-39-21(37)13-24(15-5-7-18(27)8-6-15,36-22(38)14-3-2-4-16(9-14)25(31,32)33)17-10-19(28)12-20(11-17)40-26(34,35)23(29)30;26-17-6-4-14(5-7-17)23(12-20(36)37,35-21(38)13-2-1-3-15(8-13)24(30,31)32)16-9-18(27)11-19(10-16)39-25(33,34)22(28)29/h2-12,23H,13H2,1H3,(H,36,38);1-11,22H,12H2,(H,35,38)(H,36,37)/t24-;23-/m11/s1. The Hall–Kier alpha value is -8.46. The topological polar surface area (TPSA) is 140 Å². The minimum absolute atomic E-state index is 0.184. The Balaban J connectivity index is 0.000000291. The van der Waals surface area contributed by atoms with Crippen LogP contribution in [0.4, 0.5) is 79.0 Å². The number of rotatable bonds is 18. The third-order valence-electron chi connectivity index (χ3n) is 11.0. The van der Waals surface area contributed by atoms with Gasteiger partial charge in [-0.2, -0.15) is 61.5 Å². The number of aliphatic carboxylic acids is 1. The van der Waals surface area contributed by atoms with Crippen molar-refractivity contribution < 1.29 is 118 Å². The summed E-state index contributed by atoms with van der Waals surface area (Å²) in [6.45, 7) is 0. The van der Waals surface area contributed by atoms with Crippen molar-refractivity contribution in [3.8, 4) is 11.5 Å². The molecule has 10 nitrogen and oxygen atoms in total. The number of halogens is 18. The zero-order valence-electron chi connectivity index (χ0n) is 39.4. The van der Waals surface area contributed by atoms with Crippen LogP contribution < -0.4 is 20.1 Å². The second kappa shape index (κ2) is 24.1. The number of carbonyl (C=O) groups excluding carboxylic acids is 3. The number of hydrogen-bond donors (Lipinski definition) is 3. The highest BCUT2D eigenvalue weighted by Crippen LogP contribution is 2.41. The van der Waals surface area contributed by atoms with E-state index in [4.69, 9.17) is 0 Å². The van der Waals surface area contributed by atoms with Crippen LogP contribution >= 0.6 is 0 Å². The highest BCUT2D eigenvalue weighted by atomic mass is 19.4. The van der Waals surface area contributed by atoms with Gasteiger partial charge in [-0.25, -0.2) is 17.6 Å². The smallest absolute Gasteiger partial charge is 0.461 e. The predicted molar refractivity (Wildman–Crippen MR) is 237 cm³/mol. The van der Waals surface area contributed by atoms with Crippen LogP contribution in [-0.2, 0) is 37.8 Å². The number of nitrogens with one attached hydrogen (secondary N) is 2. The van der Waals surface area contributed by atoms with Crippen molar-refractivity contribution in [3.63, 3.8) is 0 Å². The molecule has 0 saturated carbocycles. The molecule has 0 unspecified atom stereocenters. The fourth-order valence-corrected chi connectivity index (χ4v) is 7.45. The molecule has 6 rings (SSSR count). The van der Waals surface area contributed by atoms with Crippen LogP contribution in [0.25, 0.3) is 0 Å². The highest BCUT2D eigenvalue weighted by molar-refractivity contribution is 5.96. The largest absolute Gasteiger partial charge is 0.481 e. The van der Waals surface area contributed by atoms with Crippen molar-refractivity contribution in [1.29, 1.82) is 0 Å². The number of carboxylic acids is 1. The van der Waals surface area contributed by atoms with Gasteiger partial charge in [-0.05, 0) is 107 Å². The number of hydrogen-bond acceptors (Lipinski definition) is 7. The zero-order chi connectivity index (χ0) is 59.1. The second-order valence-electron chi connectivity index (χ2n) is 16.5. The van der Waals surface area contributed by atoms with E-state index in [1.54, 1.807) is 0 Å². The van der Waals surface area contributed by atoms with Gasteiger partial charge in [-0.1, -0.05) is 36.4 Å². The van der Waals surface area contributed by atoms with Crippen LogP contribution in [0.15, 0.2) is 133 Å². The maximum Gasteiger partial charge on any atom is 0.461 e. The van der Waals surface area contributed by atoms with E-state index in [9.17, 15) is 103 Å². The fraction of sp³-hybridized carbons (Fsp3) is 0.216. The summed E-state index contributed by atoms with van der Waals surface area (Å²) in [5.74, 6) is -12.1. The lowest BCUT2D eigenvalue weighted by Gasteiger charge is -2.35. The summed E-state index contributed by atoms with van der Waals surface area (Å²) in [4.78, 5) is 50.8. The number of carbonyl (C=O) groups is 4. The number of carboxylic acid groups (broad SMARTS) is 1. The molecule has 0 aliphatic heterocycles. The quantitative estimate of drug-likeness (QED) is 0.0571. The molecular formula is C51H34F18N2O8. The molecule has 0 saturated heterocycles. The first-order valence-electron chi connectivity index (χ1n) is 21.7. The molecule has 6 aromatic carbocycles. The predicted octanol–water partition coefficient (Wildman–Crippen LogP) is 12.8. The number of esters is 1. The molecule has 0 fully saturated rings. The second-order valence-corrected chi connectivity index (χ2v) is 16.5. The molecule has 2 amide bonds. The van der Waals surface area contributed by atoms with Crippen LogP contribution in [0, 0.1) is 23.3 Å². The Morgan fingerprint density at radius 2 is 0.810 bits per heavy atom. The maximum absolute atomic E-state index is 14.7. The van der Waals surface area contributed by atoms with E-state index in [-0.39, 0.29) is 17.2 Å². The van der Waals surface area contributed by atoms with Crippen molar-refractivity contribution in [1.82, 2.24) is 10.6 Å². The molecule has 0 heterocycles. The van der Waals surface area contributed by atoms with Gasteiger partial charge in [0, 0.05) is 23.3 Å². The summed E-state index contributed by atoms with van der Waals surface area (Å²) in [6.07, 6.45) is -30.7. The van der Waals surface area contributed by atoms with E-state index in [0.717, 1.165) is 79.9 Å². The first-order chi connectivity index (χ1) is 36.6. The van der Waals surface area contributed by atoms with E-state index < -0.39 is 153 Å². The average Bonchev–Trinajstić information content (AvgIpc) is 3.40. The van der Waals surface area contributed by atoms with E-state index >= 15 is 0 Å². The molecule has 28 heteroatoms. The van der Waals surface area contributed by atoms with Crippen molar-refractivity contribution in [2.45, 2.75) is 61.3 Å². The van der Waals surface area contributed by atoms with Gasteiger partial charge in [0.25, 0.3) is 11.8 Å². The maximum atomic E-state index is 14.7. The lowest BCUT2D eigenvalue weighted by Crippen LogP contribution is -2.48. The molecule has 79 heavy (non-hydrogen) atoms. The third-order valence-corrected chi connectivity index (χ3v) is 11.0. The minimum atomic E-state index is -5.10. The normalized spacial score (nSPS) is 13.5. The summed E-state index contributed by atoms with van der Waals surface area (Å²) in [7, 11) is 0.926. The summed E-state index contributed by atoms with van der Waals surface area (Å²) in [5, 5.41) is 14.1. The molecule has 2 atom stereocenters. The third kappa shape index (κ3) is 15.4. The molecule has 3 N–H and O–H groups in total. The van der Waals surface area contributed by atoms with Gasteiger partial charge in [0.05, 0.1) is 31.1 Å². The molecule has 0 spiro atoms. The summed E-state index contributed by atoms with van der Waals surface area (Å²) in [6, 6.07) is 16.2. The monoisotopic (exact) mass is 1140 g/mol. The molecular weight excluding hydrogens is 1110 g/mol. The number of amides is 2. The van der Waals surface area contributed by atoms with Gasteiger partial charge in [-0.3, -0.25) is 19.2 Å². The Morgan fingerprint density at radius 1 is 0.456 bits per heavy atom. The minimum Gasteiger partial charge on any atom is -0.481 e. The van der Waals surface area contributed by atoms with Gasteiger partial charge >= 0.3 is 49.4 Å². The van der Waals surface area contributed by atoms with Crippen LogP contribution in [0.1, 0.15) is 66.9 Å². The molecule has 0 aromatic heterocycles. The Labute approximate surface area is 432 Å². The van der Waals surface area contributed by atoms with Crippen LogP contribution in [0.3, 0.4) is 0 Å². The molecule has 6 aromatic rings. The van der Waals surface area contributed by atoms with E-state index in [2.05, 4.69) is 24.8 Å². The summed E-state index contributed by atoms with van der Waals surface area (Å²) >= 11 is 0. The van der Waals surface area contributed by atoms with Crippen LogP contribution in [0.5, 0.6) is 11.5 Å². The van der Waals surface area contributed by atoms with Crippen molar-refractivity contribution in [3.05, 3.63) is 201 Å². The zero-order valence-corrected chi connectivity index (χ0v) is 39.4. The number of ether oxygens (including phenoxy) is 3. The van der Waals surface area contributed by atoms with Crippen molar-refractivity contribution in [2.24, 2.45) is 0 Å². The molecule has 0 bridgehead atoms. The number of benzene rings is 6. The molecule has 0 aliphatic carbocycles. The van der Waals surface area contributed by atoms with Gasteiger partial charge in [0.2, 0.25) is 0 Å². The van der Waals surface area contributed by atoms with E-state index in [1.165, 1.54) is 0 Å². The van der Waals surface area contributed by atoms with Gasteiger partial charge in [0.1, 0.15) is 45.8 Å². The molecule has 0 radical (unpaired) electrons. The SMILES string of the molecule is COC(=O)C[C@@](NC(=O)c1cccc(C(F)(F)F)c1)(c1ccc(F)cc1)c1cc(F)cc(OC(F)(F)C(F)F)c1.O=C(O)C[C@@](NC(=O)c1cccc(C(F)(F)F)c1)(c1ccc(F)cc1)c1cc(F)cc(OC(F)(F)C(F)F)c1. The highest BCUT2D eigenvalue weighted by Gasteiger charge is 2.47. The van der Waals surface area contributed by atoms with E-state index in [1.807, 2.05) is 0 Å². The molecule has 0 aliphatic rings.